The van der Waals surface area contributed by atoms with E-state index in [0.29, 0.717) is 32.3 Å². The van der Waals surface area contributed by atoms with Gasteiger partial charge in [-0.1, -0.05) is 95.7 Å². The summed E-state index contributed by atoms with van der Waals surface area (Å²) in [5.41, 5.74) is 4.04. The van der Waals surface area contributed by atoms with Gasteiger partial charge in [0.15, 0.2) is 4.80 Å². The van der Waals surface area contributed by atoms with Crippen molar-refractivity contribution in [1.82, 2.24) is 4.57 Å². The van der Waals surface area contributed by atoms with Crippen molar-refractivity contribution in [2.45, 2.75) is 32.7 Å². The molecule has 3 aromatic carbocycles. The first kappa shape index (κ1) is 29.2. The van der Waals surface area contributed by atoms with Crippen LogP contribution in [-0.2, 0) is 9.53 Å². The maximum atomic E-state index is 14.2. The third-order valence-electron chi connectivity index (χ3n) is 6.82. The molecule has 0 amide bonds. The van der Waals surface area contributed by atoms with Crippen molar-refractivity contribution in [3.63, 3.8) is 0 Å². The van der Waals surface area contributed by atoms with E-state index >= 15 is 0 Å². The number of nitrogens with zero attached hydrogens (tertiary/aromatic N) is 2. The van der Waals surface area contributed by atoms with E-state index in [1.807, 2.05) is 66.7 Å². The van der Waals surface area contributed by atoms with Gasteiger partial charge >= 0.3 is 5.97 Å². The van der Waals surface area contributed by atoms with Crippen LogP contribution in [0.5, 0.6) is 5.75 Å². The van der Waals surface area contributed by atoms with Gasteiger partial charge in [0, 0.05) is 15.6 Å². The van der Waals surface area contributed by atoms with Crippen LogP contribution in [0.4, 0.5) is 0 Å². The summed E-state index contributed by atoms with van der Waals surface area (Å²) < 4.78 is 14.8. The lowest BCUT2D eigenvalue weighted by atomic mass is 9.91. The van der Waals surface area contributed by atoms with Gasteiger partial charge in [0.1, 0.15) is 5.75 Å². The van der Waals surface area contributed by atoms with Crippen molar-refractivity contribution in [2.24, 2.45) is 4.99 Å². The van der Waals surface area contributed by atoms with Gasteiger partial charge in [-0.3, -0.25) is 9.36 Å². The summed E-state index contributed by atoms with van der Waals surface area (Å²) in [6, 6.07) is 20.7. The molecule has 0 saturated heterocycles. The first-order chi connectivity index (χ1) is 19.7. The number of carbonyl (C=O) groups excluding carboxylic acids is 1. The molecule has 1 aliphatic rings. The van der Waals surface area contributed by atoms with Gasteiger partial charge in [0.05, 0.1) is 40.0 Å². The van der Waals surface area contributed by atoms with E-state index < -0.39 is 12.0 Å². The zero-order valence-electron chi connectivity index (χ0n) is 23.0. The van der Waals surface area contributed by atoms with Gasteiger partial charge in [-0.25, -0.2) is 9.79 Å². The molecule has 4 aromatic rings. The number of rotatable bonds is 7. The fourth-order valence-corrected chi connectivity index (χ4v) is 7.28. The number of hydrogen-bond donors (Lipinski definition) is 0. The maximum absolute atomic E-state index is 14.2. The standard InChI is InChI=1S/C32H28Br2N2O4S/c1-5-40-31(38)26-27(20-9-7-6-8-10-20)35-32-36(28(26)21-13-11-19(12-14-21)18(2)3)30(37)25(41-32)16-22-15-23(33)17-24(34)29(22)39-4/h6-18,28H,5H2,1-4H3/b25-16-/t28-/m1/s1. The number of hydrogen-bond acceptors (Lipinski definition) is 6. The number of esters is 1. The average Bonchev–Trinajstić information content (AvgIpc) is 3.26. The molecule has 0 fully saturated rings. The highest BCUT2D eigenvalue weighted by atomic mass is 79.9. The minimum absolute atomic E-state index is 0.200. The average molecular weight is 696 g/mol. The molecule has 0 bridgehead atoms. The molecule has 0 radical (unpaired) electrons. The Bertz CT molecular complexity index is 1820. The molecule has 0 spiro atoms. The van der Waals surface area contributed by atoms with Crippen molar-refractivity contribution < 1.29 is 14.3 Å². The minimum Gasteiger partial charge on any atom is -0.495 e. The number of thiazole rings is 1. The Labute approximate surface area is 258 Å². The van der Waals surface area contributed by atoms with Crippen LogP contribution in [0.1, 0.15) is 55.0 Å². The van der Waals surface area contributed by atoms with Crippen LogP contribution in [0, 0.1) is 0 Å². The largest absolute Gasteiger partial charge is 0.495 e. The molecular formula is C32H28Br2N2O4S. The summed E-state index contributed by atoms with van der Waals surface area (Å²) in [5, 5.41) is 0. The van der Waals surface area contributed by atoms with E-state index in [0.717, 1.165) is 25.6 Å². The highest BCUT2D eigenvalue weighted by molar-refractivity contribution is 9.11. The molecule has 41 heavy (non-hydrogen) atoms. The SMILES string of the molecule is CCOC(=O)C1=C(c2ccccc2)N=c2s/c(=C\c3cc(Br)cc(Br)c3OC)c(=O)n2[C@@H]1c1ccc(C(C)C)cc1. The van der Waals surface area contributed by atoms with Crippen molar-refractivity contribution in [3.8, 4) is 5.75 Å². The van der Waals surface area contributed by atoms with Crippen LogP contribution < -0.4 is 19.6 Å². The third-order valence-corrected chi connectivity index (χ3v) is 8.85. The number of methoxy groups -OCH3 is 1. The molecule has 0 unspecified atom stereocenters. The van der Waals surface area contributed by atoms with Crippen molar-refractivity contribution in [2.75, 3.05) is 13.7 Å². The Balaban J connectivity index is 1.83. The molecule has 2 heterocycles. The second-order valence-corrected chi connectivity index (χ2v) is 12.5. The Morgan fingerprint density at radius 1 is 1.10 bits per heavy atom. The summed E-state index contributed by atoms with van der Waals surface area (Å²) in [7, 11) is 1.59. The number of carbonyl (C=O) groups is 1. The Kier molecular flexibility index (Phi) is 8.77. The van der Waals surface area contributed by atoms with Gasteiger partial charge in [-0.2, -0.15) is 0 Å². The molecule has 0 aliphatic carbocycles. The molecule has 6 nitrogen and oxygen atoms in total. The van der Waals surface area contributed by atoms with Crippen LogP contribution in [-0.4, -0.2) is 24.3 Å². The van der Waals surface area contributed by atoms with Crippen LogP contribution in [0.25, 0.3) is 11.8 Å². The molecule has 1 atom stereocenters. The second-order valence-electron chi connectivity index (χ2n) is 9.76. The van der Waals surface area contributed by atoms with Crippen molar-refractivity contribution >= 4 is 60.9 Å². The lowest BCUT2D eigenvalue weighted by Gasteiger charge is -2.26. The Hall–Kier alpha value is -3.27. The molecule has 0 saturated carbocycles. The van der Waals surface area contributed by atoms with Gasteiger partial charge < -0.3 is 9.47 Å². The quantitative estimate of drug-likeness (QED) is 0.205. The Morgan fingerprint density at radius 3 is 2.44 bits per heavy atom. The summed E-state index contributed by atoms with van der Waals surface area (Å²) in [4.78, 5) is 33.2. The van der Waals surface area contributed by atoms with E-state index in [2.05, 4.69) is 45.7 Å². The first-order valence-electron chi connectivity index (χ1n) is 13.1. The molecule has 0 N–H and O–H groups in total. The maximum Gasteiger partial charge on any atom is 0.338 e. The van der Waals surface area contributed by atoms with Crippen molar-refractivity contribution in [3.05, 3.63) is 123 Å². The van der Waals surface area contributed by atoms with Crippen LogP contribution in [0.3, 0.4) is 0 Å². The molecule has 9 heteroatoms. The minimum atomic E-state index is -0.722. The molecule has 5 rings (SSSR count). The predicted octanol–water partition coefficient (Wildman–Crippen LogP) is 6.59. The molecule has 1 aromatic heterocycles. The lowest BCUT2D eigenvalue weighted by Crippen LogP contribution is -2.40. The number of aromatic nitrogens is 1. The highest BCUT2D eigenvalue weighted by Gasteiger charge is 2.35. The smallest absolute Gasteiger partial charge is 0.338 e. The zero-order chi connectivity index (χ0) is 29.3. The second kappa shape index (κ2) is 12.3. The molecule has 1 aliphatic heterocycles. The highest BCUT2D eigenvalue weighted by Crippen LogP contribution is 2.36. The number of halogens is 2. The topological polar surface area (TPSA) is 69.9 Å². The number of ether oxygens (including phenoxy) is 2. The first-order valence-corrected chi connectivity index (χ1v) is 15.5. The Morgan fingerprint density at radius 2 is 1.80 bits per heavy atom. The summed E-state index contributed by atoms with van der Waals surface area (Å²) in [6.07, 6.45) is 1.80. The fourth-order valence-electron chi connectivity index (χ4n) is 4.86. The molecule has 210 valence electrons. The van der Waals surface area contributed by atoms with E-state index in [1.54, 1.807) is 24.7 Å². The van der Waals surface area contributed by atoms with E-state index in [4.69, 9.17) is 14.5 Å². The van der Waals surface area contributed by atoms with Gasteiger partial charge in [0.25, 0.3) is 5.56 Å². The van der Waals surface area contributed by atoms with E-state index in [9.17, 15) is 9.59 Å². The van der Waals surface area contributed by atoms with Gasteiger partial charge in [0.2, 0.25) is 0 Å². The van der Waals surface area contributed by atoms with Gasteiger partial charge in [-0.05, 0) is 58.1 Å². The van der Waals surface area contributed by atoms with Crippen LogP contribution >= 0.6 is 43.2 Å². The molecular weight excluding hydrogens is 668 g/mol. The fraction of sp³-hybridized carbons (Fsp3) is 0.219. The normalized spacial score (nSPS) is 15.1. The van der Waals surface area contributed by atoms with Gasteiger partial charge in [-0.15, -0.1) is 0 Å². The summed E-state index contributed by atoms with van der Waals surface area (Å²) in [5.74, 6) is 0.447. The van der Waals surface area contributed by atoms with E-state index in [-0.39, 0.29) is 12.2 Å². The third kappa shape index (κ3) is 5.76. The summed E-state index contributed by atoms with van der Waals surface area (Å²) >= 11 is 8.35. The number of benzene rings is 3. The summed E-state index contributed by atoms with van der Waals surface area (Å²) in [6.45, 7) is 6.23. The van der Waals surface area contributed by atoms with Crippen LogP contribution in [0.2, 0.25) is 0 Å². The lowest BCUT2D eigenvalue weighted by molar-refractivity contribution is -0.138. The number of fused-ring (bicyclic) bond motifs is 1. The van der Waals surface area contributed by atoms with Crippen molar-refractivity contribution in [1.29, 1.82) is 0 Å². The monoisotopic (exact) mass is 694 g/mol. The van der Waals surface area contributed by atoms with E-state index in [1.165, 1.54) is 16.9 Å². The van der Waals surface area contributed by atoms with Crippen LogP contribution in [0.15, 0.2) is 91.0 Å². The predicted molar refractivity (Wildman–Crippen MR) is 170 cm³/mol. The zero-order valence-corrected chi connectivity index (χ0v) is 27.0.